The van der Waals surface area contributed by atoms with Crippen LogP contribution in [0.3, 0.4) is 0 Å². The van der Waals surface area contributed by atoms with E-state index in [2.05, 4.69) is 23.6 Å². The van der Waals surface area contributed by atoms with Crippen LogP contribution in [0.5, 0.6) is 0 Å². The van der Waals surface area contributed by atoms with Crippen molar-refractivity contribution < 1.29 is 5.11 Å². The van der Waals surface area contributed by atoms with Crippen LogP contribution in [0.15, 0.2) is 0 Å². The van der Waals surface area contributed by atoms with Crippen LogP contribution in [-0.4, -0.2) is 60.8 Å². The van der Waals surface area contributed by atoms with Crippen molar-refractivity contribution >= 4 is 0 Å². The predicted molar refractivity (Wildman–Crippen MR) is 64.0 cm³/mol. The fourth-order valence-electron chi connectivity index (χ4n) is 2.32. The second-order valence-corrected chi connectivity index (χ2v) is 4.52. The highest BCUT2D eigenvalue weighted by molar-refractivity contribution is 4.74. The summed E-state index contributed by atoms with van der Waals surface area (Å²) in [4.78, 5) is 4.96. The molecule has 0 amide bonds. The molecule has 1 fully saturated rings. The first-order chi connectivity index (χ1) is 7.30. The average molecular weight is 214 g/mol. The molecule has 3 heteroatoms. The van der Waals surface area contributed by atoms with Crippen molar-refractivity contribution in [2.24, 2.45) is 5.92 Å². The molecule has 0 saturated carbocycles. The zero-order chi connectivity index (χ0) is 11.1. The molecule has 1 atom stereocenters. The molecule has 0 aliphatic carbocycles. The number of nitrogens with zero attached hydrogens (tertiary/aromatic N) is 2. The average Bonchev–Trinajstić information content (AvgIpc) is 2.72. The lowest BCUT2D eigenvalue weighted by Crippen LogP contribution is -2.29. The summed E-state index contributed by atoms with van der Waals surface area (Å²) in [6, 6.07) is 0. The SMILES string of the molecule is CCN(CC)CCCN1CCC(CO)C1. The second-order valence-electron chi connectivity index (χ2n) is 4.52. The van der Waals surface area contributed by atoms with Crippen molar-refractivity contribution in [2.75, 3.05) is 45.9 Å². The van der Waals surface area contributed by atoms with E-state index in [1.807, 2.05) is 0 Å². The molecule has 15 heavy (non-hydrogen) atoms. The van der Waals surface area contributed by atoms with Gasteiger partial charge in [0.2, 0.25) is 0 Å². The topological polar surface area (TPSA) is 26.7 Å². The van der Waals surface area contributed by atoms with Gasteiger partial charge in [-0.1, -0.05) is 13.8 Å². The molecule has 0 aromatic heterocycles. The van der Waals surface area contributed by atoms with Gasteiger partial charge in [0.25, 0.3) is 0 Å². The van der Waals surface area contributed by atoms with Gasteiger partial charge in [-0.15, -0.1) is 0 Å². The van der Waals surface area contributed by atoms with Crippen LogP contribution in [0.2, 0.25) is 0 Å². The van der Waals surface area contributed by atoms with Crippen molar-refractivity contribution in [2.45, 2.75) is 26.7 Å². The first-order valence-corrected chi connectivity index (χ1v) is 6.35. The molecule has 1 heterocycles. The Hall–Kier alpha value is -0.120. The normalized spacial score (nSPS) is 22.8. The molecule has 1 N–H and O–H groups in total. The molecule has 90 valence electrons. The van der Waals surface area contributed by atoms with E-state index in [1.54, 1.807) is 0 Å². The highest BCUT2D eigenvalue weighted by Gasteiger charge is 2.20. The van der Waals surface area contributed by atoms with E-state index in [1.165, 1.54) is 32.5 Å². The van der Waals surface area contributed by atoms with Gasteiger partial charge >= 0.3 is 0 Å². The van der Waals surface area contributed by atoms with E-state index in [-0.39, 0.29) is 0 Å². The highest BCUT2D eigenvalue weighted by atomic mass is 16.3. The summed E-state index contributed by atoms with van der Waals surface area (Å²) in [5.41, 5.74) is 0. The summed E-state index contributed by atoms with van der Waals surface area (Å²) in [6.45, 7) is 11.8. The van der Waals surface area contributed by atoms with Crippen molar-refractivity contribution in [3.63, 3.8) is 0 Å². The molecule has 1 aliphatic rings. The lowest BCUT2D eigenvalue weighted by molar-refractivity contribution is 0.216. The number of aliphatic hydroxyl groups is 1. The van der Waals surface area contributed by atoms with E-state index in [0.717, 1.165) is 19.6 Å². The molecule has 0 aromatic rings. The molecule has 3 nitrogen and oxygen atoms in total. The molecule has 0 spiro atoms. The third-order valence-corrected chi connectivity index (χ3v) is 3.47. The largest absolute Gasteiger partial charge is 0.396 e. The summed E-state index contributed by atoms with van der Waals surface area (Å²) in [5, 5.41) is 9.04. The lowest BCUT2D eigenvalue weighted by Gasteiger charge is -2.20. The molecular weight excluding hydrogens is 188 g/mol. The van der Waals surface area contributed by atoms with E-state index in [0.29, 0.717) is 12.5 Å². The van der Waals surface area contributed by atoms with Crippen LogP contribution in [-0.2, 0) is 0 Å². The van der Waals surface area contributed by atoms with Crippen LogP contribution in [0.4, 0.5) is 0 Å². The van der Waals surface area contributed by atoms with Gasteiger partial charge in [0.1, 0.15) is 0 Å². The fourth-order valence-corrected chi connectivity index (χ4v) is 2.32. The lowest BCUT2D eigenvalue weighted by atomic mass is 10.1. The third kappa shape index (κ3) is 4.49. The van der Waals surface area contributed by atoms with Gasteiger partial charge < -0.3 is 14.9 Å². The van der Waals surface area contributed by atoms with Gasteiger partial charge in [0, 0.05) is 13.2 Å². The number of rotatable bonds is 7. The van der Waals surface area contributed by atoms with E-state index in [4.69, 9.17) is 5.11 Å². The standard InChI is InChI=1S/C12H26N2O/c1-3-13(4-2)7-5-8-14-9-6-12(10-14)11-15/h12,15H,3-11H2,1-2H3. The summed E-state index contributed by atoms with van der Waals surface area (Å²) in [6.07, 6.45) is 2.45. The van der Waals surface area contributed by atoms with E-state index in [9.17, 15) is 0 Å². The number of likely N-dealkylation sites (tertiary alicyclic amines) is 1. The highest BCUT2D eigenvalue weighted by Crippen LogP contribution is 2.15. The summed E-state index contributed by atoms with van der Waals surface area (Å²) in [7, 11) is 0. The minimum Gasteiger partial charge on any atom is -0.396 e. The van der Waals surface area contributed by atoms with Crippen LogP contribution >= 0.6 is 0 Å². The Labute approximate surface area is 94.1 Å². The van der Waals surface area contributed by atoms with Crippen LogP contribution in [0.1, 0.15) is 26.7 Å². The van der Waals surface area contributed by atoms with Gasteiger partial charge in [-0.05, 0) is 51.5 Å². The monoisotopic (exact) mass is 214 g/mol. The third-order valence-electron chi connectivity index (χ3n) is 3.47. The van der Waals surface area contributed by atoms with Crippen molar-refractivity contribution in [3.05, 3.63) is 0 Å². The van der Waals surface area contributed by atoms with E-state index >= 15 is 0 Å². The van der Waals surface area contributed by atoms with Crippen molar-refractivity contribution in [3.8, 4) is 0 Å². The number of hydrogen-bond donors (Lipinski definition) is 1. The summed E-state index contributed by atoms with van der Waals surface area (Å²) >= 11 is 0. The second kappa shape index (κ2) is 7.20. The fraction of sp³-hybridized carbons (Fsp3) is 1.00. The Kier molecular flexibility index (Phi) is 6.22. The van der Waals surface area contributed by atoms with Crippen molar-refractivity contribution in [1.29, 1.82) is 0 Å². The summed E-state index contributed by atoms with van der Waals surface area (Å²) in [5.74, 6) is 0.540. The van der Waals surface area contributed by atoms with Gasteiger partial charge in [-0.25, -0.2) is 0 Å². The maximum Gasteiger partial charge on any atom is 0.0471 e. The molecule has 1 aliphatic heterocycles. The van der Waals surface area contributed by atoms with Gasteiger partial charge in [-0.3, -0.25) is 0 Å². The minimum atomic E-state index is 0.368. The zero-order valence-corrected chi connectivity index (χ0v) is 10.3. The van der Waals surface area contributed by atoms with E-state index < -0.39 is 0 Å². The van der Waals surface area contributed by atoms with Gasteiger partial charge in [0.05, 0.1) is 0 Å². The Morgan fingerprint density at radius 2 is 2.07 bits per heavy atom. The molecule has 1 rings (SSSR count). The Morgan fingerprint density at radius 3 is 2.60 bits per heavy atom. The van der Waals surface area contributed by atoms with Crippen LogP contribution in [0.25, 0.3) is 0 Å². The first-order valence-electron chi connectivity index (χ1n) is 6.35. The maximum atomic E-state index is 9.04. The number of aliphatic hydroxyl groups excluding tert-OH is 1. The Bertz CT molecular complexity index is 160. The molecular formula is C12H26N2O. The Balaban J connectivity index is 2.05. The van der Waals surface area contributed by atoms with Gasteiger partial charge in [-0.2, -0.15) is 0 Å². The predicted octanol–water partition coefficient (Wildman–Crippen LogP) is 1.03. The molecule has 0 aromatic carbocycles. The van der Waals surface area contributed by atoms with Gasteiger partial charge in [0.15, 0.2) is 0 Å². The smallest absolute Gasteiger partial charge is 0.0471 e. The summed E-state index contributed by atoms with van der Waals surface area (Å²) < 4.78 is 0. The zero-order valence-electron chi connectivity index (χ0n) is 10.3. The first kappa shape index (κ1) is 12.9. The molecule has 1 saturated heterocycles. The molecule has 1 unspecified atom stereocenters. The van der Waals surface area contributed by atoms with Crippen LogP contribution in [0, 0.1) is 5.92 Å². The van der Waals surface area contributed by atoms with Crippen LogP contribution < -0.4 is 0 Å². The Morgan fingerprint density at radius 1 is 1.33 bits per heavy atom. The minimum absolute atomic E-state index is 0.368. The number of hydrogen-bond acceptors (Lipinski definition) is 3. The molecule has 0 bridgehead atoms. The molecule has 0 radical (unpaired) electrons. The quantitative estimate of drug-likeness (QED) is 0.686. The maximum absolute atomic E-state index is 9.04. The van der Waals surface area contributed by atoms with Crippen molar-refractivity contribution in [1.82, 2.24) is 9.80 Å².